The van der Waals surface area contributed by atoms with E-state index in [0.29, 0.717) is 82.7 Å². The van der Waals surface area contributed by atoms with Gasteiger partial charge >= 0.3 is 0 Å². The molecular weight excluding hydrogens is 558 g/mol. The zero-order valence-electron chi connectivity index (χ0n) is 25.2. The van der Waals surface area contributed by atoms with Crippen LogP contribution in [0.5, 0.6) is 0 Å². The third-order valence-electron chi connectivity index (χ3n) is 9.02. The molecule has 1 aliphatic heterocycles. The van der Waals surface area contributed by atoms with Crippen molar-refractivity contribution in [2.45, 2.75) is 50.0 Å². The van der Waals surface area contributed by atoms with E-state index in [-0.39, 0.29) is 12.5 Å². The molecule has 2 fully saturated rings. The van der Waals surface area contributed by atoms with Gasteiger partial charge in [-0.25, -0.2) is 4.98 Å². The monoisotopic (exact) mass is 605 g/mol. The van der Waals surface area contributed by atoms with Gasteiger partial charge in [0.2, 0.25) is 0 Å². The van der Waals surface area contributed by atoms with E-state index in [1.807, 2.05) is 0 Å². The largest absolute Gasteiger partial charge is 0.382 e. The van der Waals surface area contributed by atoms with Gasteiger partial charge in [-0.05, 0) is 68.5 Å². The van der Waals surface area contributed by atoms with E-state index in [0.717, 1.165) is 22.6 Å². The van der Waals surface area contributed by atoms with Crippen LogP contribution >= 0.6 is 11.3 Å². The summed E-state index contributed by atoms with van der Waals surface area (Å²) >= 11 is 1.55. The van der Waals surface area contributed by atoms with Crippen molar-refractivity contribution in [3.63, 3.8) is 0 Å². The number of nitrogens with zero attached hydrogens (tertiary/aromatic N) is 2. The quantitative estimate of drug-likeness (QED) is 0.255. The molecule has 1 aromatic heterocycles. The Morgan fingerprint density at radius 2 is 1.62 bits per heavy atom. The van der Waals surface area contributed by atoms with Gasteiger partial charge in [-0.3, -0.25) is 10.1 Å². The van der Waals surface area contributed by atoms with Crippen LogP contribution < -0.4 is 5.32 Å². The third kappa shape index (κ3) is 7.87. The standard InChI is InChI=1S/C31H47N3O7S/c1-34-8-7-31-6-4-3-5-24(31)27(34)19-23-20-28-26(21-25(23)31)32-30(42-28)33-29(35)22-41-18-17-40-16-15-39-14-13-38-12-11-37-10-9-36-2/h20-21,24,27H,3-19,22H2,1-2H3,(H,32,33,35)/t24-,27+,31?/m0/s1. The molecule has 10 nitrogen and oxygen atoms in total. The minimum absolute atomic E-state index is 0.0301. The maximum absolute atomic E-state index is 12.5. The van der Waals surface area contributed by atoms with Crippen LogP contribution in [0.3, 0.4) is 0 Å². The van der Waals surface area contributed by atoms with E-state index in [1.165, 1.54) is 49.8 Å². The minimum atomic E-state index is -0.199. The van der Waals surface area contributed by atoms with Gasteiger partial charge in [-0.1, -0.05) is 24.2 Å². The van der Waals surface area contributed by atoms with Gasteiger partial charge in [-0.2, -0.15) is 0 Å². The number of methoxy groups -OCH3 is 1. The highest BCUT2D eigenvalue weighted by Crippen LogP contribution is 2.56. The molecule has 0 radical (unpaired) electrons. The van der Waals surface area contributed by atoms with Crippen LogP contribution in [-0.2, 0) is 45.1 Å². The molecule has 1 N–H and O–H groups in total. The Balaban J connectivity index is 0.976. The number of amides is 1. The van der Waals surface area contributed by atoms with Gasteiger partial charge < -0.3 is 33.3 Å². The lowest BCUT2D eigenvalue weighted by Gasteiger charge is -2.58. The number of ether oxygens (including phenoxy) is 6. The number of carbonyl (C=O) groups is 1. The van der Waals surface area contributed by atoms with Crippen molar-refractivity contribution < 1.29 is 33.2 Å². The second kappa shape index (κ2) is 15.9. The molecule has 3 aliphatic rings. The number of nitrogens with one attached hydrogen (secondary N) is 1. The minimum Gasteiger partial charge on any atom is -0.382 e. The molecule has 2 bridgehead atoms. The smallest absolute Gasteiger partial charge is 0.252 e. The number of thiazole rings is 1. The van der Waals surface area contributed by atoms with Gasteiger partial charge in [0, 0.05) is 18.6 Å². The van der Waals surface area contributed by atoms with Crippen molar-refractivity contribution in [2.75, 3.05) is 98.7 Å². The number of benzene rings is 1. The molecule has 2 aliphatic carbocycles. The van der Waals surface area contributed by atoms with Crippen molar-refractivity contribution in [3.05, 3.63) is 23.3 Å². The van der Waals surface area contributed by atoms with E-state index in [2.05, 4.69) is 29.4 Å². The summed E-state index contributed by atoms with van der Waals surface area (Å²) in [6.45, 7) is 6.10. The van der Waals surface area contributed by atoms with Gasteiger partial charge in [0.15, 0.2) is 5.13 Å². The number of carbonyl (C=O) groups excluding carboxylic acids is 1. The number of hydrogen-bond acceptors (Lipinski definition) is 10. The lowest BCUT2D eigenvalue weighted by Crippen LogP contribution is -2.59. The highest BCUT2D eigenvalue weighted by molar-refractivity contribution is 7.22. The zero-order chi connectivity index (χ0) is 29.2. The fourth-order valence-electron chi connectivity index (χ4n) is 7.02. The molecule has 1 saturated carbocycles. The lowest BCUT2D eigenvalue weighted by molar-refractivity contribution is -0.121. The number of piperidine rings is 1. The fraction of sp³-hybridized carbons (Fsp3) is 0.742. The number of likely N-dealkylation sites (N-methyl/N-ethyl adjacent to an activating group) is 1. The fourth-order valence-corrected chi connectivity index (χ4v) is 7.95. The SMILES string of the molecule is COCCOCCOCCOCCOCCOCC(=O)Nc1nc2cc3c(cc2s1)C[C@@H]1[C@@H]2CCCCC32CCN1C. The second-order valence-corrected chi connectivity index (χ2v) is 12.6. The first kappa shape index (κ1) is 31.7. The first-order valence-electron chi connectivity index (χ1n) is 15.4. The molecule has 2 aromatic rings. The van der Waals surface area contributed by atoms with Crippen molar-refractivity contribution in [1.29, 1.82) is 0 Å². The summed E-state index contributed by atoms with van der Waals surface area (Å²) in [5.74, 6) is 0.554. The van der Waals surface area contributed by atoms with Crippen LogP contribution in [0.25, 0.3) is 10.2 Å². The molecule has 3 atom stereocenters. The van der Waals surface area contributed by atoms with Crippen LogP contribution in [0.15, 0.2) is 12.1 Å². The van der Waals surface area contributed by atoms with E-state index in [1.54, 1.807) is 18.4 Å². The van der Waals surface area contributed by atoms with Crippen LogP contribution in [0.2, 0.25) is 0 Å². The summed E-state index contributed by atoms with van der Waals surface area (Å²) in [6.07, 6.45) is 7.68. The molecular formula is C31H47N3O7S. The van der Waals surface area contributed by atoms with Gasteiger partial charge in [0.25, 0.3) is 5.91 Å². The topological polar surface area (TPSA) is 101 Å². The Labute approximate surface area is 253 Å². The molecule has 1 unspecified atom stereocenters. The predicted octanol–water partition coefficient (Wildman–Crippen LogP) is 3.65. The normalized spacial score (nSPS) is 23.6. The first-order chi connectivity index (χ1) is 20.6. The first-order valence-corrected chi connectivity index (χ1v) is 16.2. The van der Waals surface area contributed by atoms with Crippen molar-refractivity contribution >= 4 is 32.6 Å². The number of hydrogen-bond donors (Lipinski definition) is 1. The Hall–Kier alpha value is -1.70. The predicted molar refractivity (Wildman–Crippen MR) is 163 cm³/mol. The number of anilines is 1. The number of likely N-dealkylation sites (tertiary alicyclic amines) is 1. The van der Waals surface area contributed by atoms with Gasteiger partial charge in [-0.15, -0.1) is 0 Å². The van der Waals surface area contributed by atoms with E-state index >= 15 is 0 Å². The molecule has 1 amide bonds. The highest BCUT2D eigenvalue weighted by atomic mass is 32.1. The Kier molecular flexibility index (Phi) is 12.0. The summed E-state index contributed by atoms with van der Waals surface area (Å²) in [6, 6.07) is 5.34. The molecule has 234 valence electrons. The Morgan fingerprint density at radius 3 is 2.31 bits per heavy atom. The summed E-state index contributed by atoms with van der Waals surface area (Å²) in [5, 5.41) is 3.57. The van der Waals surface area contributed by atoms with Crippen molar-refractivity contribution in [2.24, 2.45) is 5.92 Å². The molecule has 1 saturated heterocycles. The van der Waals surface area contributed by atoms with E-state index in [4.69, 9.17) is 33.4 Å². The third-order valence-corrected chi connectivity index (χ3v) is 9.95. The van der Waals surface area contributed by atoms with E-state index < -0.39 is 0 Å². The lowest BCUT2D eigenvalue weighted by atomic mass is 9.52. The molecule has 2 heterocycles. The zero-order valence-corrected chi connectivity index (χ0v) is 26.0. The average molecular weight is 606 g/mol. The van der Waals surface area contributed by atoms with Gasteiger partial charge in [0.05, 0.1) is 76.3 Å². The number of aromatic nitrogens is 1. The molecule has 42 heavy (non-hydrogen) atoms. The maximum atomic E-state index is 12.5. The Bertz CT molecular complexity index is 1150. The molecule has 1 aromatic carbocycles. The van der Waals surface area contributed by atoms with Crippen LogP contribution in [-0.4, -0.2) is 115 Å². The van der Waals surface area contributed by atoms with Crippen molar-refractivity contribution in [1.82, 2.24) is 9.88 Å². The van der Waals surface area contributed by atoms with Gasteiger partial charge in [0.1, 0.15) is 6.61 Å². The Morgan fingerprint density at radius 1 is 0.952 bits per heavy atom. The molecule has 0 spiro atoms. The highest BCUT2D eigenvalue weighted by Gasteiger charge is 2.53. The summed E-state index contributed by atoms with van der Waals surface area (Å²) in [7, 11) is 3.95. The summed E-state index contributed by atoms with van der Waals surface area (Å²) in [4.78, 5) is 19.9. The van der Waals surface area contributed by atoms with Crippen LogP contribution in [0, 0.1) is 5.92 Å². The van der Waals surface area contributed by atoms with Crippen LogP contribution in [0.1, 0.15) is 43.2 Å². The van der Waals surface area contributed by atoms with Crippen LogP contribution in [0.4, 0.5) is 5.13 Å². The number of rotatable bonds is 18. The van der Waals surface area contributed by atoms with Crippen molar-refractivity contribution in [3.8, 4) is 0 Å². The number of fused-ring (bicyclic) bond motifs is 2. The maximum Gasteiger partial charge on any atom is 0.252 e. The molecule has 5 rings (SSSR count). The summed E-state index contributed by atoms with van der Waals surface area (Å²) < 4.78 is 33.3. The molecule has 11 heteroatoms. The summed E-state index contributed by atoms with van der Waals surface area (Å²) in [5.41, 5.74) is 4.33. The second-order valence-electron chi connectivity index (χ2n) is 11.5. The average Bonchev–Trinajstić information content (AvgIpc) is 3.38. The van der Waals surface area contributed by atoms with E-state index in [9.17, 15) is 4.79 Å².